The van der Waals surface area contributed by atoms with Crippen LogP contribution in [0.2, 0.25) is 0 Å². The van der Waals surface area contributed by atoms with Gasteiger partial charge in [0.25, 0.3) is 0 Å². The lowest BCUT2D eigenvalue weighted by molar-refractivity contribution is 0.0107. The molecular weight excluding hydrogens is 228 g/mol. The Morgan fingerprint density at radius 3 is 2.44 bits per heavy atom. The van der Waals surface area contributed by atoms with Crippen LogP contribution in [0.15, 0.2) is 24.3 Å². The van der Waals surface area contributed by atoms with Crippen molar-refractivity contribution in [2.75, 3.05) is 19.0 Å². The van der Waals surface area contributed by atoms with Gasteiger partial charge < -0.3 is 14.8 Å². The maximum atomic E-state index is 8.42. The van der Waals surface area contributed by atoms with E-state index in [1.807, 2.05) is 44.2 Å². The molecule has 0 aliphatic carbocycles. The molecule has 1 N–H and O–H groups in total. The third-order valence-corrected chi connectivity index (χ3v) is 3.11. The molecule has 1 aromatic rings. The number of anilines is 1. The normalized spacial score (nSPS) is 12.6. The van der Waals surface area contributed by atoms with Gasteiger partial charge in [0.15, 0.2) is 6.61 Å². The van der Waals surface area contributed by atoms with Crippen molar-refractivity contribution in [2.24, 2.45) is 0 Å². The molecule has 1 aromatic carbocycles. The smallest absolute Gasteiger partial charge is 0.174 e. The lowest BCUT2D eigenvalue weighted by Gasteiger charge is -2.31. The fourth-order valence-corrected chi connectivity index (χ4v) is 1.36. The average Bonchev–Trinajstić information content (AvgIpc) is 2.37. The van der Waals surface area contributed by atoms with Gasteiger partial charge in [0.05, 0.1) is 11.6 Å². The summed E-state index contributed by atoms with van der Waals surface area (Å²) in [6.07, 6.45) is 0. The van der Waals surface area contributed by atoms with Crippen LogP contribution in [0, 0.1) is 11.3 Å². The molecule has 0 saturated carbocycles. The molecule has 0 bridgehead atoms. The van der Waals surface area contributed by atoms with Crippen LogP contribution in [0.5, 0.6) is 5.75 Å². The molecule has 98 valence electrons. The largest absolute Gasteiger partial charge is 0.479 e. The summed E-state index contributed by atoms with van der Waals surface area (Å²) in [5.74, 6) is 0.695. The summed E-state index contributed by atoms with van der Waals surface area (Å²) >= 11 is 0. The SMILES string of the molecule is COC(C)(C)C(C)Nc1ccc(OCC#N)cc1. The van der Waals surface area contributed by atoms with Crippen LogP contribution in [-0.2, 0) is 4.74 Å². The molecular formula is C14H20N2O2. The highest BCUT2D eigenvalue weighted by Gasteiger charge is 2.24. The van der Waals surface area contributed by atoms with Crippen molar-refractivity contribution in [3.05, 3.63) is 24.3 Å². The lowest BCUT2D eigenvalue weighted by atomic mass is 10.00. The molecule has 4 nitrogen and oxygen atoms in total. The van der Waals surface area contributed by atoms with Gasteiger partial charge in [-0.2, -0.15) is 5.26 Å². The molecule has 0 heterocycles. The summed E-state index contributed by atoms with van der Waals surface area (Å²) in [4.78, 5) is 0. The van der Waals surface area contributed by atoms with Crippen LogP contribution in [0.4, 0.5) is 5.69 Å². The Morgan fingerprint density at radius 2 is 1.94 bits per heavy atom. The van der Waals surface area contributed by atoms with E-state index in [1.54, 1.807) is 7.11 Å². The van der Waals surface area contributed by atoms with Crippen molar-refractivity contribution in [3.63, 3.8) is 0 Å². The summed E-state index contributed by atoms with van der Waals surface area (Å²) in [6.45, 7) is 6.22. The predicted octanol–water partition coefficient (Wildman–Crippen LogP) is 2.81. The van der Waals surface area contributed by atoms with Crippen LogP contribution in [-0.4, -0.2) is 25.4 Å². The predicted molar refractivity (Wildman–Crippen MR) is 71.7 cm³/mol. The van der Waals surface area contributed by atoms with Crippen LogP contribution in [0.1, 0.15) is 20.8 Å². The van der Waals surface area contributed by atoms with E-state index in [0.717, 1.165) is 5.69 Å². The minimum atomic E-state index is -0.240. The Morgan fingerprint density at radius 1 is 1.33 bits per heavy atom. The minimum Gasteiger partial charge on any atom is -0.479 e. The lowest BCUT2D eigenvalue weighted by Crippen LogP contribution is -2.41. The average molecular weight is 248 g/mol. The second-order valence-corrected chi connectivity index (χ2v) is 4.64. The first-order valence-electron chi connectivity index (χ1n) is 5.91. The fraction of sp³-hybridized carbons (Fsp3) is 0.500. The highest BCUT2D eigenvalue weighted by molar-refractivity contribution is 5.47. The molecule has 0 saturated heterocycles. The highest BCUT2D eigenvalue weighted by Crippen LogP contribution is 2.21. The van der Waals surface area contributed by atoms with Crippen LogP contribution < -0.4 is 10.1 Å². The Hall–Kier alpha value is -1.73. The number of hydrogen-bond acceptors (Lipinski definition) is 4. The monoisotopic (exact) mass is 248 g/mol. The Kier molecular flexibility index (Phi) is 4.99. The molecule has 0 fully saturated rings. The standard InChI is InChI=1S/C14H20N2O2/c1-11(14(2,3)17-4)16-12-5-7-13(8-6-12)18-10-9-15/h5-8,11,16H,10H2,1-4H3. The zero-order valence-corrected chi connectivity index (χ0v) is 11.4. The molecule has 0 aromatic heterocycles. The number of hydrogen-bond donors (Lipinski definition) is 1. The van der Waals surface area contributed by atoms with Gasteiger partial charge in [0, 0.05) is 12.8 Å². The van der Waals surface area contributed by atoms with Crippen molar-refractivity contribution in [3.8, 4) is 11.8 Å². The molecule has 0 radical (unpaired) electrons. The minimum absolute atomic E-state index is 0.0693. The summed E-state index contributed by atoms with van der Waals surface area (Å²) in [7, 11) is 1.71. The van der Waals surface area contributed by atoms with Crippen molar-refractivity contribution >= 4 is 5.69 Å². The first kappa shape index (κ1) is 14.3. The summed E-state index contributed by atoms with van der Waals surface area (Å²) < 4.78 is 10.6. The quantitative estimate of drug-likeness (QED) is 0.841. The zero-order valence-electron chi connectivity index (χ0n) is 11.4. The maximum absolute atomic E-state index is 8.42. The first-order chi connectivity index (χ1) is 8.49. The molecule has 1 unspecified atom stereocenters. The summed E-state index contributed by atoms with van der Waals surface area (Å²) in [6, 6.07) is 9.64. The second-order valence-electron chi connectivity index (χ2n) is 4.64. The summed E-state index contributed by atoms with van der Waals surface area (Å²) in [5, 5.41) is 11.8. The number of nitriles is 1. The van der Waals surface area contributed by atoms with E-state index in [9.17, 15) is 0 Å². The summed E-state index contributed by atoms with van der Waals surface area (Å²) in [5.41, 5.74) is 0.757. The van der Waals surface area contributed by atoms with Gasteiger partial charge in [-0.25, -0.2) is 0 Å². The molecule has 4 heteroatoms. The van der Waals surface area contributed by atoms with Crippen LogP contribution in [0.3, 0.4) is 0 Å². The van der Waals surface area contributed by atoms with E-state index in [2.05, 4.69) is 12.2 Å². The molecule has 1 atom stereocenters. The third-order valence-electron chi connectivity index (χ3n) is 3.11. The molecule has 0 spiro atoms. The van der Waals surface area contributed by atoms with E-state index >= 15 is 0 Å². The molecule has 0 aliphatic heterocycles. The van der Waals surface area contributed by atoms with E-state index in [0.29, 0.717) is 5.75 Å². The second kappa shape index (κ2) is 6.27. The Labute approximate surface area is 109 Å². The molecule has 0 aliphatic rings. The van der Waals surface area contributed by atoms with Crippen molar-refractivity contribution < 1.29 is 9.47 Å². The van der Waals surface area contributed by atoms with Crippen LogP contribution >= 0.6 is 0 Å². The Balaban J connectivity index is 2.61. The van der Waals surface area contributed by atoms with Gasteiger partial charge in [0.1, 0.15) is 11.8 Å². The van der Waals surface area contributed by atoms with E-state index in [-0.39, 0.29) is 18.2 Å². The van der Waals surface area contributed by atoms with Crippen molar-refractivity contribution in [2.45, 2.75) is 32.4 Å². The maximum Gasteiger partial charge on any atom is 0.174 e. The third kappa shape index (κ3) is 3.94. The van der Waals surface area contributed by atoms with Gasteiger partial charge in [-0.1, -0.05) is 0 Å². The van der Waals surface area contributed by atoms with E-state index in [1.165, 1.54) is 0 Å². The van der Waals surface area contributed by atoms with Gasteiger partial charge in [0.2, 0.25) is 0 Å². The molecule has 0 amide bonds. The molecule has 1 rings (SSSR count). The van der Waals surface area contributed by atoms with Gasteiger partial charge in [-0.3, -0.25) is 0 Å². The van der Waals surface area contributed by atoms with Crippen molar-refractivity contribution in [1.29, 1.82) is 5.26 Å². The number of benzene rings is 1. The van der Waals surface area contributed by atoms with Crippen LogP contribution in [0.25, 0.3) is 0 Å². The van der Waals surface area contributed by atoms with Gasteiger partial charge in [-0.15, -0.1) is 0 Å². The zero-order chi connectivity index (χ0) is 13.6. The van der Waals surface area contributed by atoms with Gasteiger partial charge >= 0.3 is 0 Å². The first-order valence-corrected chi connectivity index (χ1v) is 5.91. The van der Waals surface area contributed by atoms with E-state index in [4.69, 9.17) is 14.7 Å². The number of nitrogens with zero attached hydrogens (tertiary/aromatic N) is 1. The van der Waals surface area contributed by atoms with Gasteiger partial charge in [-0.05, 0) is 45.0 Å². The van der Waals surface area contributed by atoms with E-state index < -0.39 is 0 Å². The number of nitrogens with one attached hydrogen (secondary N) is 1. The number of ether oxygens (including phenoxy) is 2. The number of rotatable bonds is 6. The highest BCUT2D eigenvalue weighted by atomic mass is 16.5. The Bertz CT molecular complexity index is 407. The van der Waals surface area contributed by atoms with Crippen molar-refractivity contribution in [1.82, 2.24) is 0 Å². The number of methoxy groups -OCH3 is 1. The fourth-order valence-electron chi connectivity index (χ4n) is 1.36. The topological polar surface area (TPSA) is 54.3 Å². The molecule has 18 heavy (non-hydrogen) atoms.